The fourth-order valence-electron chi connectivity index (χ4n) is 2.27. The number of thiazole rings is 1. The van der Waals surface area contributed by atoms with Crippen LogP contribution in [0.5, 0.6) is 0 Å². The van der Waals surface area contributed by atoms with Crippen molar-refractivity contribution in [2.75, 3.05) is 6.54 Å². The van der Waals surface area contributed by atoms with Crippen LogP contribution >= 0.6 is 23.7 Å². The number of carbonyl (C=O) groups is 1. The van der Waals surface area contributed by atoms with Crippen molar-refractivity contribution in [1.82, 2.24) is 15.6 Å². The van der Waals surface area contributed by atoms with Gasteiger partial charge >= 0.3 is 0 Å². The molecule has 108 valence electrons. The SMILES string of the molecule is Cc1sc(CNC(=O)C2CCCN2)nc1C(C)C.Cl. The predicted molar refractivity (Wildman–Crippen MR) is 81.1 cm³/mol. The third kappa shape index (κ3) is 4.16. The number of nitrogens with one attached hydrogen (secondary N) is 2. The Morgan fingerprint density at radius 1 is 1.58 bits per heavy atom. The van der Waals surface area contributed by atoms with E-state index in [-0.39, 0.29) is 24.4 Å². The number of aromatic nitrogens is 1. The molecule has 4 nitrogen and oxygen atoms in total. The van der Waals surface area contributed by atoms with Gasteiger partial charge in [-0.15, -0.1) is 23.7 Å². The summed E-state index contributed by atoms with van der Waals surface area (Å²) in [6.45, 7) is 7.89. The van der Waals surface area contributed by atoms with Crippen molar-refractivity contribution in [3.05, 3.63) is 15.6 Å². The minimum absolute atomic E-state index is 0. The third-order valence-corrected chi connectivity index (χ3v) is 4.20. The minimum Gasteiger partial charge on any atom is -0.348 e. The zero-order chi connectivity index (χ0) is 13.1. The molecule has 0 bridgehead atoms. The summed E-state index contributed by atoms with van der Waals surface area (Å²) in [4.78, 5) is 17.7. The first-order chi connectivity index (χ1) is 8.58. The monoisotopic (exact) mass is 303 g/mol. The highest BCUT2D eigenvalue weighted by molar-refractivity contribution is 7.11. The summed E-state index contributed by atoms with van der Waals surface area (Å²) in [6, 6.07) is -0.00405. The van der Waals surface area contributed by atoms with Gasteiger partial charge < -0.3 is 10.6 Å². The highest BCUT2D eigenvalue weighted by Crippen LogP contribution is 2.23. The van der Waals surface area contributed by atoms with Gasteiger partial charge in [0.2, 0.25) is 5.91 Å². The highest BCUT2D eigenvalue weighted by atomic mass is 35.5. The van der Waals surface area contributed by atoms with Crippen LogP contribution in [0, 0.1) is 6.92 Å². The molecule has 0 radical (unpaired) electrons. The van der Waals surface area contributed by atoms with Gasteiger partial charge in [0.05, 0.1) is 18.3 Å². The summed E-state index contributed by atoms with van der Waals surface area (Å²) >= 11 is 1.68. The topological polar surface area (TPSA) is 54.0 Å². The van der Waals surface area contributed by atoms with Crippen LogP contribution in [-0.2, 0) is 11.3 Å². The summed E-state index contributed by atoms with van der Waals surface area (Å²) in [5.41, 5.74) is 1.16. The van der Waals surface area contributed by atoms with E-state index < -0.39 is 0 Å². The number of hydrogen-bond acceptors (Lipinski definition) is 4. The molecule has 6 heteroatoms. The van der Waals surface area contributed by atoms with Gasteiger partial charge in [-0.05, 0) is 32.2 Å². The van der Waals surface area contributed by atoms with Gasteiger partial charge in [-0.25, -0.2) is 4.98 Å². The molecule has 2 N–H and O–H groups in total. The van der Waals surface area contributed by atoms with E-state index in [1.807, 2.05) is 0 Å². The molecule has 1 aliphatic heterocycles. The van der Waals surface area contributed by atoms with Crippen LogP contribution in [0.1, 0.15) is 48.2 Å². The number of nitrogens with zero attached hydrogens (tertiary/aromatic N) is 1. The van der Waals surface area contributed by atoms with E-state index in [9.17, 15) is 4.79 Å². The number of aryl methyl sites for hydroxylation is 1. The summed E-state index contributed by atoms with van der Waals surface area (Å²) in [5.74, 6) is 0.550. The van der Waals surface area contributed by atoms with Gasteiger partial charge in [0.15, 0.2) is 0 Å². The first-order valence-corrected chi connectivity index (χ1v) is 7.37. The zero-order valence-electron chi connectivity index (χ0n) is 11.7. The van der Waals surface area contributed by atoms with Crippen LogP contribution in [-0.4, -0.2) is 23.5 Å². The molecule has 1 saturated heterocycles. The number of amides is 1. The lowest BCUT2D eigenvalue weighted by atomic mass is 10.1. The molecule has 1 aromatic rings. The Hall–Kier alpha value is -0.650. The molecule has 0 aliphatic carbocycles. The Balaban J connectivity index is 0.00000180. The summed E-state index contributed by atoms with van der Waals surface area (Å²) in [7, 11) is 0. The molecule has 1 atom stereocenters. The molecule has 2 heterocycles. The fourth-order valence-corrected chi connectivity index (χ4v) is 3.30. The lowest BCUT2D eigenvalue weighted by Gasteiger charge is -2.09. The summed E-state index contributed by atoms with van der Waals surface area (Å²) in [5, 5.41) is 7.17. The molecular formula is C13H22ClN3OS. The molecule has 1 amide bonds. The number of halogens is 1. The van der Waals surface area contributed by atoms with Crippen LogP contribution in [0.2, 0.25) is 0 Å². The lowest BCUT2D eigenvalue weighted by molar-refractivity contribution is -0.122. The second kappa shape index (κ2) is 7.22. The molecule has 2 rings (SSSR count). The van der Waals surface area contributed by atoms with Crippen molar-refractivity contribution in [2.24, 2.45) is 0 Å². The van der Waals surface area contributed by atoms with E-state index in [4.69, 9.17) is 0 Å². The molecule has 1 fully saturated rings. The molecule has 0 spiro atoms. The minimum atomic E-state index is -0.00405. The predicted octanol–water partition coefficient (Wildman–Crippen LogP) is 2.36. The van der Waals surface area contributed by atoms with E-state index in [0.717, 1.165) is 30.1 Å². The van der Waals surface area contributed by atoms with Gasteiger partial charge in [0, 0.05) is 4.88 Å². The van der Waals surface area contributed by atoms with Crippen molar-refractivity contribution in [1.29, 1.82) is 0 Å². The molecular weight excluding hydrogens is 282 g/mol. The quantitative estimate of drug-likeness (QED) is 0.898. The highest BCUT2D eigenvalue weighted by Gasteiger charge is 2.21. The van der Waals surface area contributed by atoms with E-state index in [1.165, 1.54) is 4.88 Å². The van der Waals surface area contributed by atoms with Crippen molar-refractivity contribution in [3.63, 3.8) is 0 Å². The third-order valence-electron chi connectivity index (χ3n) is 3.21. The van der Waals surface area contributed by atoms with Crippen LogP contribution in [0.4, 0.5) is 0 Å². The zero-order valence-corrected chi connectivity index (χ0v) is 13.3. The van der Waals surface area contributed by atoms with Crippen molar-refractivity contribution < 1.29 is 4.79 Å². The molecule has 1 aliphatic rings. The smallest absolute Gasteiger partial charge is 0.237 e. The van der Waals surface area contributed by atoms with Gasteiger partial charge in [-0.2, -0.15) is 0 Å². The van der Waals surface area contributed by atoms with Gasteiger partial charge in [0.25, 0.3) is 0 Å². The standard InChI is InChI=1S/C13H21N3OS.ClH/c1-8(2)12-9(3)18-11(16-12)7-15-13(17)10-5-4-6-14-10;/h8,10,14H,4-7H2,1-3H3,(H,15,17);1H. The van der Waals surface area contributed by atoms with Crippen molar-refractivity contribution in [2.45, 2.75) is 52.1 Å². The molecule has 1 unspecified atom stereocenters. The Morgan fingerprint density at radius 3 is 2.84 bits per heavy atom. The number of rotatable bonds is 4. The van der Waals surface area contributed by atoms with Crippen molar-refractivity contribution in [3.8, 4) is 0 Å². The number of hydrogen-bond donors (Lipinski definition) is 2. The maximum Gasteiger partial charge on any atom is 0.237 e. The average Bonchev–Trinajstić information content (AvgIpc) is 2.94. The van der Waals surface area contributed by atoms with Crippen LogP contribution < -0.4 is 10.6 Å². The Labute approximate surface area is 124 Å². The van der Waals surface area contributed by atoms with E-state index in [1.54, 1.807) is 11.3 Å². The second-order valence-corrected chi connectivity index (χ2v) is 6.36. The van der Waals surface area contributed by atoms with Crippen LogP contribution in [0.3, 0.4) is 0 Å². The second-order valence-electron chi connectivity index (χ2n) is 5.07. The molecule has 0 aromatic carbocycles. The number of carbonyl (C=O) groups excluding carboxylic acids is 1. The normalized spacial score (nSPS) is 18.4. The maximum absolute atomic E-state index is 11.8. The molecule has 1 aromatic heterocycles. The molecule has 0 saturated carbocycles. The Morgan fingerprint density at radius 2 is 2.32 bits per heavy atom. The van der Waals surface area contributed by atoms with Crippen molar-refractivity contribution >= 4 is 29.7 Å². The molecule has 19 heavy (non-hydrogen) atoms. The van der Waals surface area contributed by atoms with Gasteiger partial charge in [0.1, 0.15) is 5.01 Å². The first-order valence-electron chi connectivity index (χ1n) is 6.55. The van der Waals surface area contributed by atoms with E-state index in [0.29, 0.717) is 12.5 Å². The van der Waals surface area contributed by atoms with E-state index in [2.05, 4.69) is 36.4 Å². The Bertz CT molecular complexity index is 428. The maximum atomic E-state index is 11.8. The largest absolute Gasteiger partial charge is 0.348 e. The van der Waals surface area contributed by atoms with Crippen LogP contribution in [0.15, 0.2) is 0 Å². The Kier molecular flexibility index (Phi) is 6.23. The van der Waals surface area contributed by atoms with E-state index >= 15 is 0 Å². The average molecular weight is 304 g/mol. The van der Waals surface area contributed by atoms with Gasteiger partial charge in [-0.1, -0.05) is 13.8 Å². The lowest BCUT2D eigenvalue weighted by Crippen LogP contribution is -2.39. The summed E-state index contributed by atoms with van der Waals surface area (Å²) < 4.78 is 0. The summed E-state index contributed by atoms with van der Waals surface area (Å²) in [6.07, 6.45) is 2.03. The van der Waals surface area contributed by atoms with Crippen LogP contribution in [0.25, 0.3) is 0 Å². The van der Waals surface area contributed by atoms with Gasteiger partial charge in [-0.3, -0.25) is 4.79 Å². The fraction of sp³-hybridized carbons (Fsp3) is 0.692. The first kappa shape index (κ1) is 16.4.